The fourth-order valence-electron chi connectivity index (χ4n) is 1.86. The minimum atomic E-state index is -0.486. The standard InChI is InChI=1S/C12H13ClFN5O/c1-6(2)10-9(4-3-7(13)11(10)14)19-5-8(16-18-19)12(15)17-20/h3-6,20H,1-2H3,(H2,15,17). The van der Waals surface area contributed by atoms with E-state index in [9.17, 15) is 4.39 Å². The summed E-state index contributed by atoms with van der Waals surface area (Å²) in [5.74, 6) is -0.753. The van der Waals surface area contributed by atoms with Gasteiger partial charge in [0.2, 0.25) is 0 Å². The summed E-state index contributed by atoms with van der Waals surface area (Å²) in [6, 6.07) is 3.09. The Balaban J connectivity index is 2.58. The number of oxime groups is 1. The number of amidine groups is 1. The number of benzene rings is 1. The van der Waals surface area contributed by atoms with Crippen LogP contribution in [-0.2, 0) is 0 Å². The number of nitrogens with two attached hydrogens (primary N) is 1. The highest BCUT2D eigenvalue weighted by atomic mass is 35.5. The van der Waals surface area contributed by atoms with E-state index in [1.807, 2.05) is 13.8 Å². The van der Waals surface area contributed by atoms with Gasteiger partial charge in [0.1, 0.15) is 5.82 Å². The minimum absolute atomic E-state index is 0.0502. The first kappa shape index (κ1) is 14.3. The molecule has 0 radical (unpaired) electrons. The Bertz CT molecular complexity index is 668. The molecule has 0 aliphatic heterocycles. The topological polar surface area (TPSA) is 89.3 Å². The minimum Gasteiger partial charge on any atom is -0.409 e. The van der Waals surface area contributed by atoms with Gasteiger partial charge in [0.05, 0.1) is 16.9 Å². The SMILES string of the molecule is CC(C)c1c(-n2cc(/C(N)=N\O)nn2)ccc(Cl)c1F. The number of hydrogen-bond acceptors (Lipinski definition) is 4. The van der Waals surface area contributed by atoms with Gasteiger partial charge in [0, 0.05) is 5.56 Å². The van der Waals surface area contributed by atoms with Crippen LogP contribution in [0.3, 0.4) is 0 Å². The molecule has 2 aromatic rings. The maximum Gasteiger partial charge on any atom is 0.192 e. The fourth-order valence-corrected chi connectivity index (χ4v) is 2.02. The van der Waals surface area contributed by atoms with Crippen LogP contribution in [-0.4, -0.2) is 26.0 Å². The smallest absolute Gasteiger partial charge is 0.192 e. The van der Waals surface area contributed by atoms with Crippen molar-refractivity contribution < 1.29 is 9.60 Å². The molecule has 3 N–H and O–H groups in total. The Morgan fingerprint density at radius 2 is 2.20 bits per heavy atom. The third-order valence-electron chi connectivity index (χ3n) is 2.80. The molecule has 0 saturated heterocycles. The maximum atomic E-state index is 14.1. The zero-order valence-corrected chi connectivity index (χ0v) is 11.6. The van der Waals surface area contributed by atoms with Gasteiger partial charge in [-0.05, 0) is 18.1 Å². The highest BCUT2D eigenvalue weighted by molar-refractivity contribution is 6.30. The van der Waals surface area contributed by atoms with Crippen molar-refractivity contribution in [2.45, 2.75) is 19.8 Å². The van der Waals surface area contributed by atoms with E-state index in [4.69, 9.17) is 22.5 Å². The number of aromatic nitrogens is 3. The summed E-state index contributed by atoms with van der Waals surface area (Å²) in [5, 5.41) is 19.1. The molecule has 0 unspecified atom stereocenters. The fraction of sp³-hybridized carbons (Fsp3) is 0.250. The summed E-state index contributed by atoms with van der Waals surface area (Å²) in [4.78, 5) is 0. The summed E-state index contributed by atoms with van der Waals surface area (Å²) in [6.45, 7) is 3.69. The molecule has 1 heterocycles. The Labute approximate surface area is 119 Å². The van der Waals surface area contributed by atoms with Gasteiger partial charge in [-0.15, -0.1) is 5.10 Å². The first-order chi connectivity index (χ1) is 9.45. The molecule has 20 heavy (non-hydrogen) atoms. The van der Waals surface area contributed by atoms with Crippen LogP contribution in [0.4, 0.5) is 4.39 Å². The average molecular weight is 298 g/mol. The van der Waals surface area contributed by atoms with Crippen LogP contribution in [0.1, 0.15) is 31.0 Å². The summed E-state index contributed by atoms with van der Waals surface area (Å²) >= 11 is 5.80. The lowest BCUT2D eigenvalue weighted by Gasteiger charge is -2.14. The van der Waals surface area contributed by atoms with E-state index in [1.54, 1.807) is 6.07 Å². The average Bonchev–Trinajstić information content (AvgIpc) is 2.89. The molecule has 6 nitrogen and oxygen atoms in total. The van der Waals surface area contributed by atoms with Crippen LogP contribution < -0.4 is 5.73 Å². The van der Waals surface area contributed by atoms with Gasteiger partial charge in [-0.2, -0.15) is 0 Å². The number of rotatable bonds is 3. The molecule has 1 aromatic heterocycles. The molecular formula is C12H13ClFN5O. The number of halogens is 2. The molecule has 0 fully saturated rings. The first-order valence-electron chi connectivity index (χ1n) is 5.84. The predicted molar refractivity (Wildman–Crippen MR) is 72.9 cm³/mol. The lowest BCUT2D eigenvalue weighted by atomic mass is 10.0. The monoisotopic (exact) mass is 297 g/mol. The van der Waals surface area contributed by atoms with E-state index in [0.29, 0.717) is 11.3 Å². The summed E-state index contributed by atoms with van der Waals surface area (Å²) in [5.41, 5.74) is 6.55. The van der Waals surface area contributed by atoms with Crippen LogP contribution in [0.2, 0.25) is 5.02 Å². The lowest BCUT2D eigenvalue weighted by Crippen LogP contribution is -2.13. The second kappa shape index (κ2) is 5.46. The molecule has 106 valence electrons. The Hall–Kier alpha value is -2.15. The van der Waals surface area contributed by atoms with Crippen molar-refractivity contribution in [2.24, 2.45) is 10.9 Å². The highest BCUT2D eigenvalue weighted by Gasteiger charge is 2.18. The van der Waals surface area contributed by atoms with E-state index >= 15 is 0 Å². The quantitative estimate of drug-likeness (QED) is 0.394. The van der Waals surface area contributed by atoms with Crippen molar-refractivity contribution in [2.75, 3.05) is 0 Å². The Morgan fingerprint density at radius 1 is 1.50 bits per heavy atom. The normalized spacial score (nSPS) is 12.2. The molecule has 0 bridgehead atoms. The third-order valence-corrected chi connectivity index (χ3v) is 3.09. The summed E-state index contributed by atoms with van der Waals surface area (Å²) in [6.07, 6.45) is 1.45. The zero-order valence-electron chi connectivity index (χ0n) is 10.9. The van der Waals surface area contributed by atoms with E-state index in [0.717, 1.165) is 0 Å². The van der Waals surface area contributed by atoms with Crippen LogP contribution in [0.15, 0.2) is 23.5 Å². The van der Waals surface area contributed by atoms with Gasteiger partial charge in [0.15, 0.2) is 11.5 Å². The van der Waals surface area contributed by atoms with Crippen molar-refractivity contribution in [3.63, 3.8) is 0 Å². The van der Waals surface area contributed by atoms with E-state index < -0.39 is 5.82 Å². The van der Waals surface area contributed by atoms with Crippen molar-refractivity contribution in [3.8, 4) is 5.69 Å². The van der Waals surface area contributed by atoms with Crippen LogP contribution in [0.25, 0.3) is 5.69 Å². The molecule has 2 rings (SSSR count). The molecule has 0 spiro atoms. The Morgan fingerprint density at radius 3 is 2.80 bits per heavy atom. The van der Waals surface area contributed by atoms with Gasteiger partial charge < -0.3 is 10.9 Å². The molecule has 0 aliphatic carbocycles. The Kier molecular flexibility index (Phi) is 3.89. The molecule has 0 atom stereocenters. The highest BCUT2D eigenvalue weighted by Crippen LogP contribution is 2.30. The molecule has 0 amide bonds. The van der Waals surface area contributed by atoms with Crippen molar-refractivity contribution in [1.82, 2.24) is 15.0 Å². The van der Waals surface area contributed by atoms with Crippen LogP contribution >= 0.6 is 11.6 Å². The van der Waals surface area contributed by atoms with Gasteiger partial charge in [-0.25, -0.2) is 9.07 Å². The molecule has 1 aromatic carbocycles. The maximum absolute atomic E-state index is 14.1. The van der Waals surface area contributed by atoms with Gasteiger partial charge in [0.25, 0.3) is 0 Å². The van der Waals surface area contributed by atoms with E-state index in [-0.39, 0.29) is 22.5 Å². The van der Waals surface area contributed by atoms with E-state index in [1.165, 1.54) is 16.9 Å². The van der Waals surface area contributed by atoms with Gasteiger partial charge >= 0.3 is 0 Å². The predicted octanol–water partition coefficient (Wildman–Crippen LogP) is 2.28. The van der Waals surface area contributed by atoms with Crippen molar-refractivity contribution in [1.29, 1.82) is 0 Å². The molecule has 0 aliphatic rings. The van der Waals surface area contributed by atoms with Crippen molar-refractivity contribution >= 4 is 17.4 Å². The zero-order chi connectivity index (χ0) is 14.9. The second-order valence-corrected chi connectivity index (χ2v) is 4.89. The first-order valence-corrected chi connectivity index (χ1v) is 6.22. The number of nitrogens with zero attached hydrogens (tertiary/aromatic N) is 4. The van der Waals surface area contributed by atoms with Gasteiger partial charge in [-0.3, -0.25) is 0 Å². The number of hydrogen-bond donors (Lipinski definition) is 2. The largest absolute Gasteiger partial charge is 0.409 e. The molecule has 0 saturated carbocycles. The third kappa shape index (κ3) is 2.44. The lowest BCUT2D eigenvalue weighted by molar-refractivity contribution is 0.318. The van der Waals surface area contributed by atoms with Crippen LogP contribution in [0.5, 0.6) is 0 Å². The second-order valence-electron chi connectivity index (χ2n) is 4.48. The summed E-state index contributed by atoms with van der Waals surface area (Å²) in [7, 11) is 0. The van der Waals surface area contributed by atoms with E-state index in [2.05, 4.69) is 15.5 Å². The molecular weight excluding hydrogens is 285 g/mol. The van der Waals surface area contributed by atoms with Crippen LogP contribution in [0, 0.1) is 5.82 Å². The summed E-state index contributed by atoms with van der Waals surface area (Å²) < 4.78 is 15.5. The van der Waals surface area contributed by atoms with Crippen molar-refractivity contribution in [3.05, 3.63) is 40.4 Å². The van der Waals surface area contributed by atoms with Gasteiger partial charge in [-0.1, -0.05) is 35.8 Å². The molecule has 8 heteroatoms.